The molecule has 1 aliphatic rings. The fourth-order valence-corrected chi connectivity index (χ4v) is 5.25. The van der Waals surface area contributed by atoms with Gasteiger partial charge in [-0.05, 0) is 30.5 Å². The highest BCUT2D eigenvalue weighted by Gasteiger charge is 2.34. The van der Waals surface area contributed by atoms with E-state index in [2.05, 4.69) is 10.6 Å². The molecule has 0 saturated heterocycles. The quantitative estimate of drug-likeness (QED) is 0.411. The summed E-state index contributed by atoms with van der Waals surface area (Å²) in [5.74, 6) is -1.76. The molecule has 0 bridgehead atoms. The Labute approximate surface area is 224 Å². The number of ether oxygens (including phenoxy) is 1. The molecular weight excluding hydrogens is 535 g/mol. The number of aromatic nitrogens is 1. The van der Waals surface area contributed by atoms with Gasteiger partial charge in [0.1, 0.15) is 11.5 Å². The van der Waals surface area contributed by atoms with Gasteiger partial charge in [-0.3, -0.25) is 9.59 Å². The van der Waals surface area contributed by atoms with Crippen LogP contribution in [0.4, 0.5) is 18.9 Å². The Kier molecular flexibility index (Phi) is 8.05. The first-order valence-electron chi connectivity index (χ1n) is 12.1. The Hall–Kier alpha value is -3.80. The van der Waals surface area contributed by atoms with E-state index in [4.69, 9.17) is 4.74 Å². The molecule has 0 radical (unpaired) electrons. The molecule has 12 heteroatoms. The largest absolute Gasteiger partial charge is 0.484 e. The molecule has 0 spiro atoms. The first kappa shape index (κ1) is 28.2. The van der Waals surface area contributed by atoms with E-state index >= 15 is 0 Å². The van der Waals surface area contributed by atoms with E-state index in [1.165, 1.54) is 6.07 Å². The van der Waals surface area contributed by atoms with Crippen LogP contribution in [0, 0.1) is 0 Å². The Bertz CT molecular complexity index is 1480. The van der Waals surface area contributed by atoms with Crippen LogP contribution in [0.5, 0.6) is 5.75 Å². The van der Waals surface area contributed by atoms with Crippen LogP contribution < -0.4 is 15.4 Å². The fraction of sp³-hybridized carbons (Fsp3) is 0.333. The average molecular weight is 564 g/mol. The molecule has 8 nitrogen and oxygen atoms in total. The highest BCUT2D eigenvalue weighted by molar-refractivity contribution is 7.91. The van der Waals surface area contributed by atoms with Crippen molar-refractivity contribution in [3.05, 3.63) is 71.4 Å². The van der Waals surface area contributed by atoms with Crippen LogP contribution in [-0.2, 0) is 34.5 Å². The van der Waals surface area contributed by atoms with Crippen LogP contribution in [0.2, 0.25) is 0 Å². The minimum Gasteiger partial charge on any atom is -0.484 e. The molecular formula is C27H28F3N3O5S. The highest BCUT2D eigenvalue weighted by Crippen LogP contribution is 2.38. The van der Waals surface area contributed by atoms with E-state index in [-0.39, 0.29) is 23.0 Å². The van der Waals surface area contributed by atoms with Gasteiger partial charge in [0.2, 0.25) is 5.91 Å². The number of nitrogens with one attached hydrogen (secondary N) is 2. The molecule has 0 unspecified atom stereocenters. The third-order valence-corrected chi connectivity index (χ3v) is 7.09. The molecule has 1 aliphatic heterocycles. The predicted molar refractivity (Wildman–Crippen MR) is 140 cm³/mol. The number of sulfone groups is 1. The van der Waals surface area contributed by atoms with Gasteiger partial charge < -0.3 is 19.9 Å². The maximum absolute atomic E-state index is 13.3. The molecule has 0 aliphatic carbocycles. The molecule has 2 heterocycles. The van der Waals surface area contributed by atoms with Gasteiger partial charge in [-0.2, -0.15) is 13.2 Å². The van der Waals surface area contributed by atoms with Crippen molar-refractivity contribution in [2.24, 2.45) is 7.05 Å². The van der Waals surface area contributed by atoms with E-state index in [1.54, 1.807) is 25.2 Å². The number of nitrogens with zero attached hydrogens (tertiary/aromatic N) is 1. The second-order valence-electron chi connectivity index (χ2n) is 9.55. The molecule has 2 amide bonds. The summed E-state index contributed by atoms with van der Waals surface area (Å²) in [6.07, 6.45) is -2.05. The van der Waals surface area contributed by atoms with Gasteiger partial charge in [0.15, 0.2) is 16.4 Å². The topological polar surface area (TPSA) is 107 Å². The van der Waals surface area contributed by atoms with Crippen molar-refractivity contribution in [2.75, 3.05) is 23.9 Å². The minimum atomic E-state index is -4.43. The normalized spacial score (nSPS) is 15.4. The molecule has 2 aromatic carbocycles. The van der Waals surface area contributed by atoms with Crippen molar-refractivity contribution < 1.29 is 35.9 Å². The number of anilines is 1. The predicted octanol–water partition coefficient (Wildman–Crippen LogP) is 3.90. The summed E-state index contributed by atoms with van der Waals surface area (Å²) in [4.78, 5) is 25.9. The van der Waals surface area contributed by atoms with Crippen LogP contribution in [-0.4, -0.2) is 55.6 Å². The van der Waals surface area contributed by atoms with Crippen LogP contribution in [0.15, 0.2) is 54.6 Å². The van der Waals surface area contributed by atoms with E-state index in [1.807, 2.05) is 34.9 Å². The Morgan fingerprint density at radius 1 is 1.15 bits per heavy atom. The van der Waals surface area contributed by atoms with Crippen molar-refractivity contribution in [1.29, 1.82) is 0 Å². The first-order valence-corrected chi connectivity index (χ1v) is 14.2. The third kappa shape index (κ3) is 7.20. The number of fused-ring (bicyclic) bond motifs is 1. The molecule has 1 atom stereocenters. The van der Waals surface area contributed by atoms with E-state index < -0.39 is 40.2 Å². The van der Waals surface area contributed by atoms with Gasteiger partial charge in [0.05, 0.1) is 16.9 Å². The lowest BCUT2D eigenvalue weighted by molar-refractivity contribution is -0.153. The average Bonchev–Trinajstić information content (AvgIpc) is 3.12. The van der Waals surface area contributed by atoms with Crippen LogP contribution in [0.25, 0.3) is 11.3 Å². The lowest BCUT2D eigenvalue weighted by Gasteiger charge is -2.25. The van der Waals surface area contributed by atoms with Crippen molar-refractivity contribution in [3.8, 4) is 17.0 Å². The SMILES string of the molecule is Cn1c2c(c(NC(=O)CS(C)(=O)=O)c1-c1ccccc1)C(=O)N[C@@H](CCc1cccc(OCC(F)(F)F)c1)C2. The van der Waals surface area contributed by atoms with Crippen molar-refractivity contribution in [2.45, 2.75) is 31.5 Å². The molecule has 0 saturated carbocycles. The summed E-state index contributed by atoms with van der Waals surface area (Å²) >= 11 is 0. The van der Waals surface area contributed by atoms with Gasteiger partial charge in [0, 0.05) is 37.0 Å². The van der Waals surface area contributed by atoms with E-state index in [0.29, 0.717) is 30.7 Å². The van der Waals surface area contributed by atoms with E-state index in [0.717, 1.165) is 17.4 Å². The number of hydrogen-bond acceptors (Lipinski definition) is 5. The van der Waals surface area contributed by atoms with Gasteiger partial charge >= 0.3 is 6.18 Å². The summed E-state index contributed by atoms with van der Waals surface area (Å²) < 4.78 is 67.5. The third-order valence-electron chi connectivity index (χ3n) is 6.31. The molecule has 2 N–H and O–H groups in total. The van der Waals surface area contributed by atoms with Gasteiger partial charge in [0.25, 0.3) is 5.91 Å². The molecule has 208 valence electrons. The van der Waals surface area contributed by atoms with Crippen molar-refractivity contribution >= 4 is 27.3 Å². The minimum absolute atomic E-state index is 0.115. The van der Waals surface area contributed by atoms with Crippen molar-refractivity contribution in [3.63, 3.8) is 0 Å². The zero-order valence-corrected chi connectivity index (χ0v) is 22.2. The number of halogens is 3. The van der Waals surface area contributed by atoms with Gasteiger partial charge in [-0.25, -0.2) is 8.42 Å². The maximum Gasteiger partial charge on any atom is 0.422 e. The number of amides is 2. The number of benzene rings is 2. The summed E-state index contributed by atoms with van der Waals surface area (Å²) in [6, 6.07) is 15.3. The lowest BCUT2D eigenvalue weighted by Crippen LogP contribution is -2.42. The molecule has 1 aromatic heterocycles. The Morgan fingerprint density at radius 2 is 1.87 bits per heavy atom. The number of carbonyl (C=O) groups is 2. The number of hydrogen-bond donors (Lipinski definition) is 2. The number of carbonyl (C=O) groups excluding carboxylic acids is 2. The zero-order valence-electron chi connectivity index (χ0n) is 21.3. The summed E-state index contributed by atoms with van der Waals surface area (Å²) in [7, 11) is -1.81. The van der Waals surface area contributed by atoms with Crippen LogP contribution >= 0.6 is 0 Å². The smallest absolute Gasteiger partial charge is 0.422 e. The molecule has 3 aromatic rings. The number of aryl methyl sites for hydroxylation is 1. The summed E-state index contributed by atoms with van der Waals surface area (Å²) in [5.41, 5.74) is 3.28. The molecule has 0 fully saturated rings. The van der Waals surface area contributed by atoms with Crippen molar-refractivity contribution in [1.82, 2.24) is 9.88 Å². The fourth-order valence-electron chi connectivity index (χ4n) is 4.70. The summed E-state index contributed by atoms with van der Waals surface area (Å²) in [5, 5.41) is 5.61. The zero-order chi connectivity index (χ0) is 28.4. The maximum atomic E-state index is 13.3. The second-order valence-corrected chi connectivity index (χ2v) is 11.7. The number of rotatable bonds is 9. The standard InChI is InChI=1S/C27H28F3N3O5S/c1-33-21-14-19(12-11-17-7-6-10-20(13-17)38-16-27(28,29)30)31-26(35)23(21)24(32-22(34)15-39(2,36)37)25(33)18-8-4-3-5-9-18/h3-10,13,19H,11-12,14-16H2,1-2H3,(H,31,35)(H,32,34)/t19-/m0/s1. The molecule has 4 rings (SSSR count). The lowest BCUT2D eigenvalue weighted by atomic mass is 9.95. The van der Waals surface area contributed by atoms with Crippen LogP contribution in [0.3, 0.4) is 0 Å². The van der Waals surface area contributed by atoms with E-state index in [9.17, 15) is 31.2 Å². The second kappa shape index (κ2) is 11.1. The Balaban J connectivity index is 1.57. The monoisotopic (exact) mass is 563 g/mol. The van der Waals surface area contributed by atoms with Crippen LogP contribution in [0.1, 0.15) is 28.0 Å². The summed E-state index contributed by atoms with van der Waals surface area (Å²) in [6.45, 7) is -1.38. The Morgan fingerprint density at radius 3 is 2.54 bits per heavy atom. The van der Waals surface area contributed by atoms with Gasteiger partial charge in [-0.15, -0.1) is 0 Å². The highest BCUT2D eigenvalue weighted by atomic mass is 32.2. The number of alkyl halides is 3. The molecule has 39 heavy (non-hydrogen) atoms. The first-order chi connectivity index (χ1) is 18.3. The van der Waals surface area contributed by atoms with Gasteiger partial charge in [-0.1, -0.05) is 42.5 Å².